The van der Waals surface area contributed by atoms with Crippen molar-refractivity contribution in [2.75, 3.05) is 24.4 Å². The fourth-order valence-corrected chi connectivity index (χ4v) is 5.43. The summed E-state index contributed by atoms with van der Waals surface area (Å²) < 4.78 is 27.1. The molecule has 178 valence electrons. The summed E-state index contributed by atoms with van der Waals surface area (Å²) in [7, 11) is -2.19. The van der Waals surface area contributed by atoms with Gasteiger partial charge in [-0.3, -0.25) is 14.0 Å². The molecule has 3 aromatic rings. The van der Waals surface area contributed by atoms with Crippen molar-refractivity contribution in [1.82, 2.24) is 10.2 Å². The lowest BCUT2D eigenvalue weighted by Crippen LogP contribution is -2.30. The van der Waals surface area contributed by atoms with E-state index in [9.17, 15) is 13.2 Å². The second kappa shape index (κ2) is 10.8. The normalized spacial score (nSPS) is 14.5. The molecule has 0 bridgehead atoms. The van der Waals surface area contributed by atoms with E-state index in [-0.39, 0.29) is 10.8 Å². The highest BCUT2D eigenvalue weighted by Crippen LogP contribution is 2.22. The van der Waals surface area contributed by atoms with E-state index in [0.29, 0.717) is 17.8 Å². The number of carbonyl (C=O) groups is 1. The van der Waals surface area contributed by atoms with Crippen molar-refractivity contribution in [3.63, 3.8) is 0 Å². The van der Waals surface area contributed by atoms with Gasteiger partial charge in [0.05, 0.1) is 10.6 Å². The summed E-state index contributed by atoms with van der Waals surface area (Å²) in [4.78, 5) is 15.4. The van der Waals surface area contributed by atoms with E-state index in [4.69, 9.17) is 0 Å². The molecule has 1 saturated heterocycles. The Labute approximate surface area is 202 Å². The lowest BCUT2D eigenvalue weighted by Gasteiger charge is -2.27. The highest BCUT2D eigenvalue weighted by atomic mass is 32.2. The number of piperidine rings is 1. The molecule has 34 heavy (non-hydrogen) atoms. The maximum atomic E-state index is 12.9. The standard InChI is InChI=1S/C27H31N3O3S/c1-29(25-12-4-2-5-13-25)34(32,33)26-16-14-22(15-17-26)27(31)28-20-23-10-6-7-11-24(23)21-30-18-8-3-9-19-30/h2,4-7,10-17H,3,8-9,18-21H2,1H3,(H,28,31). The van der Waals surface area contributed by atoms with Gasteiger partial charge in [-0.15, -0.1) is 0 Å². The maximum Gasteiger partial charge on any atom is 0.264 e. The first kappa shape index (κ1) is 24.0. The summed E-state index contributed by atoms with van der Waals surface area (Å²) in [5.74, 6) is -0.229. The van der Waals surface area contributed by atoms with Crippen LogP contribution >= 0.6 is 0 Å². The molecular formula is C27H31N3O3S. The number of nitrogens with zero attached hydrogens (tertiary/aromatic N) is 2. The molecule has 1 N–H and O–H groups in total. The molecule has 1 amide bonds. The molecule has 1 heterocycles. The number of nitrogens with one attached hydrogen (secondary N) is 1. The number of benzene rings is 3. The van der Waals surface area contributed by atoms with Gasteiger partial charge < -0.3 is 5.32 Å². The number of likely N-dealkylation sites (tertiary alicyclic amines) is 1. The SMILES string of the molecule is CN(c1ccccc1)S(=O)(=O)c1ccc(C(=O)NCc2ccccc2CN2CCCCC2)cc1. The average Bonchev–Trinajstić information content (AvgIpc) is 2.88. The quantitative estimate of drug-likeness (QED) is 0.521. The maximum absolute atomic E-state index is 12.9. The van der Waals surface area contributed by atoms with Crippen LogP contribution in [0, 0.1) is 0 Å². The van der Waals surface area contributed by atoms with E-state index in [1.54, 1.807) is 36.4 Å². The van der Waals surface area contributed by atoms with E-state index < -0.39 is 10.0 Å². The molecule has 4 rings (SSSR count). The largest absolute Gasteiger partial charge is 0.348 e. The molecule has 3 aromatic carbocycles. The second-order valence-electron chi connectivity index (χ2n) is 8.62. The average molecular weight is 478 g/mol. The number of anilines is 1. The van der Waals surface area contributed by atoms with Crippen LogP contribution in [0.4, 0.5) is 5.69 Å². The summed E-state index contributed by atoms with van der Waals surface area (Å²) in [6.45, 7) is 3.57. The fraction of sp³-hybridized carbons (Fsp3) is 0.296. The number of sulfonamides is 1. The number of para-hydroxylation sites is 1. The summed E-state index contributed by atoms with van der Waals surface area (Å²) >= 11 is 0. The van der Waals surface area contributed by atoms with Crippen molar-refractivity contribution in [2.45, 2.75) is 37.2 Å². The van der Waals surface area contributed by atoms with Crippen molar-refractivity contribution in [1.29, 1.82) is 0 Å². The Morgan fingerprint density at radius 2 is 1.47 bits per heavy atom. The van der Waals surface area contributed by atoms with Crippen molar-refractivity contribution in [3.05, 3.63) is 95.6 Å². The topological polar surface area (TPSA) is 69.7 Å². The van der Waals surface area contributed by atoms with Crippen LogP contribution < -0.4 is 9.62 Å². The summed E-state index contributed by atoms with van der Waals surface area (Å²) in [6.07, 6.45) is 3.79. The van der Waals surface area contributed by atoms with Crippen LogP contribution in [0.1, 0.15) is 40.7 Å². The molecule has 0 radical (unpaired) electrons. The smallest absolute Gasteiger partial charge is 0.264 e. The molecule has 0 spiro atoms. The fourth-order valence-electron chi connectivity index (χ4n) is 4.23. The number of hydrogen-bond donors (Lipinski definition) is 1. The van der Waals surface area contributed by atoms with Crippen LogP contribution in [0.25, 0.3) is 0 Å². The van der Waals surface area contributed by atoms with Gasteiger partial charge in [0.15, 0.2) is 0 Å². The first-order valence-corrected chi connectivity index (χ1v) is 13.1. The monoisotopic (exact) mass is 477 g/mol. The molecule has 1 aliphatic heterocycles. The van der Waals surface area contributed by atoms with Crippen molar-refractivity contribution in [3.8, 4) is 0 Å². The third-order valence-corrected chi connectivity index (χ3v) is 8.09. The van der Waals surface area contributed by atoms with Gasteiger partial charge in [0.1, 0.15) is 0 Å². The van der Waals surface area contributed by atoms with Gasteiger partial charge in [0.2, 0.25) is 0 Å². The van der Waals surface area contributed by atoms with Crippen LogP contribution in [0.2, 0.25) is 0 Å². The first-order chi connectivity index (χ1) is 16.4. The van der Waals surface area contributed by atoms with Gasteiger partial charge in [0.25, 0.3) is 15.9 Å². The van der Waals surface area contributed by atoms with E-state index in [2.05, 4.69) is 22.3 Å². The van der Waals surface area contributed by atoms with Gasteiger partial charge >= 0.3 is 0 Å². The highest BCUT2D eigenvalue weighted by molar-refractivity contribution is 7.92. The third-order valence-electron chi connectivity index (χ3n) is 6.30. The molecule has 0 unspecified atom stereocenters. The van der Waals surface area contributed by atoms with Gasteiger partial charge in [-0.1, -0.05) is 48.9 Å². The zero-order chi connectivity index (χ0) is 24.0. The molecular weight excluding hydrogens is 446 g/mol. The third kappa shape index (κ3) is 5.66. The molecule has 6 nitrogen and oxygen atoms in total. The van der Waals surface area contributed by atoms with Crippen LogP contribution in [0.5, 0.6) is 0 Å². The molecule has 0 aromatic heterocycles. The summed E-state index contributed by atoms with van der Waals surface area (Å²) in [5, 5.41) is 2.98. The minimum Gasteiger partial charge on any atom is -0.348 e. The number of carbonyl (C=O) groups excluding carboxylic acids is 1. The predicted molar refractivity (Wildman–Crippen MR) is 135 cm³/mol. The van der Waals surface area contributed by atoms with Crippen LogP contribution in [0.3, 0.4) is 0 Å². The molecule has 1 aliphatic rings. The van der Waals surface area contributed by atoms with E-state index in [1.165, 1.54) is 48.3 Å². The zero-order valence-corrected chi connectivity index (χ0v) is 20.3. The van der Waals surface area contributed by atoms with Crippen LogP contribution in [-0.4, -0.2) is 39.4 Å². The van der Waals surface area contributed by atoms with Crippen LogP contribution in [-0.2, 0) is 23.1 Å². The van der Waals surface area contributed by atoms with Gasteiger partial charge in [-0.05, 0) is 73.5 Å². The van der Waals surface area contributed by atoms with E-state index in [1.807, 2.05) is 18.2 Å². The number of hydrogen-bond acceptors (Lipinski definition) is 4. The Morgan fingerprint density at radius 1 is 0.853 bits per heavy atom. The molecule has 0 aliphatic carbocycles. The number of rotatable bonds is 8. The minimum absolute atomic E-state index is 0.141. The molecule has 7 heteroatoms. The van der Waals surface area contributed by atoms with E-state index >= 15 is 0 Å². The minimum atomic E-state index is -3.71. The molecule has 1 fully saturated rings. The highest BCUT2D eigenvalue weighted by Gasteiger charge is 2.21. The Kier molecular flexibility index (Phi) is 7.65. The zero-order valence-electron chi connectivity index (χ0n) is 19.5. The van der Waals surface area contributed by atoms with Crippen LogP contribution in [0.15, 0.2) is 83.8 Å². The van der Waals surface area contributed by atoms with E-state index in [0.717, 1.165) is 25.2 Å². The predicted octanol–water partition coefficient (Wildman–Crippen LogP) is 4.43. The van der Waals surface area contributed by atoms with Gasteiger partial charge in [-0.25, -0.2) is 8.42 Å². The lowest BCUT2D eigenvalue weighted by molar-refractivity contribution is 0.0950. The summed E-state index contributed by atoms with van der Waals surface area (Å²) in [5.41, 5.74) is 3.34. The second-order valence-corrected chi connectivity index (χ2v) is 10.6. The van der Waals surface area contributed by atoms with Crippen molar-refractivity contribution in [2.24, 2.45) is 0 Å². The van der Waals surface area contributed by atoms with Crippen molar-refractivity contribution < 1.29 is 13.2 Å². The lowest BCUT2D eigenvalue weighted by atomic mass is 10.0. The van der Waals surface area contributed by atoms with Gasteiger partial charge in [0, 0.05) is 25.7 Å². The Morgan fingerprint density at radius 3 is 2.15 bits per heavy atom. The molecule has 0 atom stereocenters. The first-order valence-electron chi connectivity index (χ1n) is 11.7. The number of amides is 1. The Bertz CT molecular complexity index is 1210. The van der Waals surface area contributed by atoms with Gasteiger partial charge in [-0.2, -0.15) is 0 Å². The Hall–Kier alpha value is -3.16. The Balaban J connectivity index is 1.40. The van der Waals surface area contributed by atoms with Crippen molar-refractivity contribution >= 4 is 21.6 Å². The summed E-state index contributed by atoms with van der Waals surface area (Å²) in [6, 6.07) is 23.2. The molecule has 0 saturated carbocycles.